The van der Waals surface area contributed by atoms with E-state index in [2.05, 4.69) is 12.2 Å². The van der Waals surface area contributed by atoms with Gasteiger partial charge in [0, 0.05) is 6.04 Å². The molecule has 1 aliphatic heterocycles. The zero-order valence-corrected chi connectivity index (χ0v) is 13.7. The summed E-state index contributed by atoms with van der Waals surface area (Å²) in [6.07, 6.45) is 4.97. The summed E-state index contributed by atoms with van der Waals surface area (Å²) in [6.45, 7) is 2.22. The molecule has 0 radical (unpaired) electrons. The lowest BCUT2D eigenvalue weighted by Gasteiger charge is -2.31. The smallest absolute Gasteiger partial charge is 0.251 e. The van der Waals surface area contributed by atoms with Gasteiger partial charge in [-0.1, -0.05) is 19.8 Å². The minimum absolute atomic E-state index is 0.138. The normalized spacial score (nSPS) is 28.3. The van der Waals surface area contributed by atoms with Gasteiger partial charge < -0.3 is 10.1 Å². The van der Waals surface area contributed by atoms with Gasteiger partial charge in [-0.3, -0.25) is 9.59 Å². The summed E-state index contributed by atoms with van der Waals surface area (Å²) in [4.78, 5) is 26.3. The molecule has 1 aromatic rings. The number of imide groups is 1. The van der Waals surface area contributed by atoms with E-state index in [1.165, 1.54) is 24.2 Å². The number of rotatable bonds is 4. The van der Waals surface area contributed by atoms with Gasteiger partial charge in [-0.05, 0) is 43.0 Å². The number of hydrogen-bond acceptors (Lipinski definition) is 4. The standard InChI is InChI=1S/C18H24N2O3/c1-12-5-3-4-6-15(12)19-16-11-17(21)20(18(16)22)13-7-9-14(23-2)10-8-13/h7-10,12,15-16,19H,3-6,11H2,1-2H3/t12-,15+,16+/m0/s1. The minimum atomic E-state index is -0.393. The van der Waals surface area contributed by atoms with Crippen molar-refractivity contribution >= 4 is 17.5 Å². The minimum Gasteiger partial charge on any atom is -0.497 e. The highest BCUT2D eigenvalue weighted by molar-refractivity contribution is 6.22. The molecule has 2 aliphatic rings. The second-order valence-corrected chi connectivity index (χ2v) is 6.56. The topological polar surface area (TPSA) is 58.6 Å². The molecule has 2 fully saturated rings. The van der Waals surface area contributed by atoms with Gasteiger partial charge in [-0.25, -0.2) is 4.90 Å². The molecule has 1 aliphatic carbocycles. The fraction of sp³-hybridized carbons (Fsp3) is 0.556. The average Bonchev–Trinajstić information content (AvgIpc) is 2.84. The van der Waals surface area contributed by atoms with Crippen LogP contribution in [0.2, 0.25) is 0 Å². The summed E-state index contributed by atoms with van der Waals surface area (Å²) in [6, 6.07) is 6.97. The van der Waals surface area contributed by atoms with Crippen molar-refractivity contribution in [2.24, 2.45) is 5.92 Å². The highest BCUT2D eigenvalue weighted by atomic mass is 16.5. The van der Waals surface area contributed by atoms with Crippen LogP contribution in [0.5, 0.6) is 5.75 Å². The van der Waals surface area contributed by atoms with Crippen molar-refractivity contribution in [2.45, 2.75) is 51.1 Å². The highest BCUT2D eigenvalue weighted by Crippen LogP contribution is 2.28. The molecule has 1 aromatic carbocycles. The number of hydrogen-bond donors (Lipinski definition) is 1. The van der Waals surface area contributed by atoms with E-state index in [1.807, 2.05) is 0 Å². The summed E-state index contributed by atoms with van der Waals surface area (Å²) in [5.74, 6) is 0.985. The van der Waals surface area contributed by atoms with Gasteiger partial charge in [0.05, 0.1) is 25.3 Å². The monoisotopic (exact) mass is 316 g/mol. The summed E-state index contributed by atoms with van der Waals surface area (Å²) < 4.78 is 5.12. The SMILES string of the molecule is COc1ccc(N2C(=O)C[C@@H](N[C@@H]3CCCC[C@@H]3C)C2=O)cc1. The van der Waals surface area contributed by atoms with Crippen molar-refractivity contribution < 1.29 is 14.3 Å². The predicted octanol–water partition coefficient (Wildman–Crippen LogP) is 2.50. The Bertz CT molecular complexity index is 584. The van der Waals surface area contributed by atoms with Crippen molar-refractivity contribution in [3.05, 3.63) is 24.3 Å². The fourth-order valence-corrected chi connectivity index (χ4v) is 3.59. The number of carbonyl (C=O) groups is 2. The lowest BCUT2D eigenvalue weighted by molar-refractivity contribution is -0.121. The molecule has 1 saturated carbocycles. The van der Waals surface area contributed by atoms with Crippen LogP contribution in [0.15, 0.2) is 24.3 Å². The Labute approximate surface area is 137 Å². The number of nitrogens with zero attached hydrogens (tertiary/aromatic N) is 1. The molecule has 0 unspecified atom stereocenters. The quantitative estimate of drug-likeness (QED) is 0.867. The number of nitrogens with one attached hydrogen (secondary N) is 1. The van der Waals surface area contributed by atoms with Crippen LogP contribution in [0.4, 0.5) is 5.69 Å². The molecule has 5 nitrogen and oxygen atoms in total. The van der Waals surface area contributed by atoms with Gasteiger partial charge in [0.25, 0.3) is 5.91 Å². The van der Waals surface area contributed by atoms with Crippen molar-refractivity contribution in [2.75, 3.05) is 12.0 Å². The van der Waals surface area contributed by atoms with Crippen LogP contribution in [0.25, 0.3) is 0 Å². The Balaban J connectivity index is 1.71. The molecule has 3 rings (SSSR count). The first-order valence-corrected chi connectivity index (χ1v) is 8.37. The van der Waals surface area contributed by atoms with E-state index in [9.17, 15) is 9.59 Å². The first-order valence-electron chi connectivity index (χ1n) is 8.37. The zero-order chi connectivity index (χ0) is 16.4. The summed E-state index contributed by atoms with van der Waals surface area (Å²) in [5.41, 5.74) is 0.613. The Morgan fingerprint density at radius 2 is 1.83 bits per heavy atom. The first kappa shape index (κ1) is 16.0. The maximum absolute atomic E-state index is 12.7. The molecular weight excluding hydrogens is 292 g/mol. The number of anilines is 1. The van der Waals surface area contributed by atoms with Gasteiger partial charge in [-0.2, -0.15) is 0 Å². The van der Waals surface area contributed by atoms with Gasteiger partial charge in [-0.15, -0.1) is 0 Å². The summed E-state index contributed by atoms with van der Waals surface area (Å²) in [5, 5.41) is 3.43. The Hall–Kier alpha value is -1.88. The zero-order valence-electron chi connectivity index (χ0n) is 13.7. The second-order valence-electron chi connectivity index (χ2n) is 6.56. The molecule has 1 N–H and O–H groups in total. The average molecular weight is 316 g/mol. The molecule has 124 valence electrons. The molecule has 23 heavy (non-hydrogen) atoms. The van der Waals surface area contributed by atoms with Crippen LogP contribution in [0.1, 0.15) is 39.0 Å². The molecule has 1 saturated heterocycles. The maximum Gasteiger partial charge on any atom is 0.251 e. The largest absolute Gasteiger partial charge is 0.497 e. The number of amides is 2. The molecular formula is C18H24N2O3. The lowest BCUT2D eigenvalue weighted by atomic mass is 9.85. The number of ether oxygens (including phenoxy) is 1. The van der Waals surface area contributed by atoms with Crippen molar-refractivity contribution in [3.8, 4) is 5.75 Å². The fourth-order valence-electron chi connectivity index (χ4n) is 3.59. The van der Waals surface area contributed by atoms with Crippen LogP contribution in [-0.4, -0.2) is 31.0 Å². The predicted molar refractivity (Wildman–Crippen MR) is 88.4 cm³/mol. The lowest BCUT2D eigenvalue weighted by Crippen LogP contribution is -2.47. The Kier molecular flexibility index (Phi) is 4.66. The van der Waals surface area contributed by atoms with Gasteiger partial charge in [0.15, 0.2) is 0 Å². The third-order valence-corrected chi connectivity index (χ3v) is 5.00. The van der Waals surface area contributed by atoms with E-state index in [0.717, 1.165) is 6.42 Å². The molecule has 1 heterocycles. The van der Waals surface area contributed by atoms with Crippen LogP contribution in [0.3, 0.4) is 0 Å². The molecule has 0 aromatic heterocycles. The third kappa shape index (κ3) is 3.24. The van der Waals surface area contributed by atoms with Gasteiger partial charge in [0.1, 0.15) is 5.75 Å². The van der Waals surface area contributed by atoms with Crippen molar-refractivity contribution in [1.82, 2.24) is 5.32 Å². The summed E-state index contributed by atoms with van der Waals surface area (Å²) >= 11 is 0. The molecule has 3 atom stereocenters. The van der Waals surface area contributed by atoms with Gasteiger partial charge >= 0.3 is 0 Å². The summed E-state index contributed by atoms with van der Waals surface area (Å²) in [7, 11) is 1.59. The second kappa shape index (κ2) is 6.71. The molecule has 2 amide bonds. The Morgan fingerprint density at radius 1 is 1.13 bits per heavy atom. The highest BCUT2D eigenvalue weighted by Gasteiger charge is 2.41. The van der Waals surface area contributed by atoms with Crippen molar-refractivity contribution in [3.63, 3.8) is 0 Å². The van der Waals surface area contributed by atoms with Crippen LogP contribution < -0.4 is 15.0 Å². The van der Waals surface area contributed by atoms with E-state index >= 15 is 0 Å². The number of benzene rings is 1. The maximum atomic E-state index is 12.7. The van der Waals surface area contributed by atoms with E-state index in [4.69, 9.17) is 4.74 Å². The van der Waals surface area contributed by atoms with Crippen LogP contribution in [0, 0.1) is 5.92 Å². The van der Waals surface area contributed by atoms with E-state index in [0.29, 0.717) is 23.4 Å². The molecule has 5 heteroatoms. The van der Waals surface area contributed by atoms with E-state index < -0.39 is 6.04 Å². The number of carbonyl (C=O) groups excluding carboxylic acids is 2. The van der Waals surface area contributed by atoms with E-state index in [1.54, 1.807) is 31.4 Å². The first-order chi connectivity index (χ1) is 11.1. The van der Waals surface area contributed by atoms with Crippen LogP contribution in [-0.2, 0) is 9.59 Å². The Morgan fingerprint density at radius 3 is 2.48 bits per heavy atom. The number of methoxy groups -OCH3 is 1. The van der Waals surface area contributed by atoms with Crippen molar-refractivity contribution in [1.29, 1.82) is 0 Å². The molecule has 0 bridgehead atoms. The van der Waals surface area contributed by atoms with E-state index in [-0.39, 0.29) is 18.2 Å². The molecule has 0 spiro atoms. The third-order valence-electron chi connectivity index (χ3n) is 5.00. The van der Waals surface area contributed by atoms with Crippen LogP contribution >= 0.6 is 0 Å². The van der Waals surface area contributed by atoms with Gasteiger partial charge in [0.2, 0.25) is 5.91 Å².